The maximum atomic E-state index is 12.6. The molecule has 166 valence electrons. The molecule has 0 radical (unpaired) electrons. The predicted octanol–water partition coefficient (Wildman–Crippen LogP) is 3.68. The zero-order valence-electron chi connectivity index (χ0n) is 17.0. The van der Waals surface area contributed by atoms with Gasteiger partial charge in [0.25, 0.3) is 5.91 Å². The Balaban J connectivity index is 1.35. The SMILES string of the molecule is O=C(NCCc1ccc(C(F)(F)F)cc1)C1CCN(C(=O)COc2ccccc2)CC1. The monoisotopic (exact) mass is 434 g/mol. The molecule has 0 spiro atoms. The summed E-state index contributed by atoms with van der Waals surface area (Å²) in [7, 11) is 0. The number of halogens is 3. The van der Waals surface area contributed by atoms with Crippen LogP contribution in [0.1, 0.15) is 24.0 Å². The van der Waals surface area contributed by atoms with Crippen LogP contribution in [0.3, 0.4) is 0 Å². The number of likely N-dealkylation sites (tertiary alicyclic amines) is 1. The van der Waals surface area contributed by atoms with E-state index in [2.05, 4.69) is 5.32 Å². The van der Waals surface area contributed by atoms with Gasteiger partial charge in [-0.1, -0.05) is 30.3 Å². The minimum Gasteiger partial charge on any atom is -0.484 e. The third-order valence-electron chi connectivity index (χ3n) is 5.32. The van der Waals surface area contributed by atoms with Gasteiger partial charge in [-0.05, 0) is 49.1 Å². The molecule has 0 atom stereocenters. The fourth-order valence-electron chi connectivity index (χ4n) is 3.48. The van der Waals surface area contributed by atoms with E-state index in [9.17, 15) is 22.8 Å². The van der Waals surface area contributed by atoms with Crippen LogP contribution in [0.2, 0.25) is 0 Å². The minimum atomic E-state index is -4.35. The molecule has 0 bridgehead atoms. The van der Waals surface area contributed by atoms with Crippen molar-refractivity contribution >= 4 is 11.8 Å². The molecule has 1 fully saturated rings. The zero-order chi connectivity index (χ0) is 22.3. The van der Waals surface area contributed by atoms with E-state index in [1.165, 1.54) is 12.1 Å². The second kappa shape index (κ2) is 10.3. The van der Waals surface area contributed by atoms with E-state index in [0.717, 1.165) is 17.7 Å². The standard InChI is InChI=1S/C23H25F3N2O3/c24-23(25,26)19-8-6-17(7-9-19)10-13-27-22(30)18-11-14-28(15-12-18)21(29)16-31-20-4-2-1-3-5-20/h1-9,18H,10-16H2,(H,27,30). The molecule has 31 heavy (non-hydrogen) atoms. The Labute approximate surface area is 179 Å². The van der Waals surface area contributed by atoms with Crippen molar-refractivity contribution in [3.8, 4) is 5.75 Å². The zero-order valence-corrected chi connectivity index (χ0v) is 17.0. The first-order valence-electron chi connectivity index (χ1n) is 10.2. The third kappa shape index (κ3) is 6.73. The molecular weight excluding hydrogens is 409 g/mol. The Hall–Kier alpha value is -3.03. The summed E-state index contributed by atoms with van der Waals surface area (Å²) < 4.78 is 43.3. The lowest BCUT2D eigenvalue weighted by Crippen LogP contribution is -2.44. The second-order valence-corrected chi connectivity index (χ2v) is 7.49. The second-order valence-electron chi connectivity index (χ2n) is 7.49. The number of nitrogens with zero attached hydrogens (tertiary/aromatic N) is 1. The molecule has 5 nitrogen and oxygen atoms in total. The summed E-state index contributed by atoms with van der Waals surface area (Å²) >= 11 is 0. The molecule has 0 aliphatic carbocycles. The predicted molar refractivity (Wildman–Crippen MR) is 109 cm³/mol. The summed E-state index contributed by atoms with van der Waals surface area (Å²) in [5.74, 6) is 0.273. The van der Waals surface area contributed by atoms with Crippen LogP contribution in [0.15, 0.2) is 54.6 Å². The average molecular weight is 434 g/mol. The van der Waals surface area contributed by atoms with Crippen molar-refractivity contribution in [2.24, 2.45) is 5.92 Å². The van der Waals surface area contributed by atoms with Crippen LogP contribution >= 0.6 is 0 Å². The fourth-order valence-corrected chi connectivity index (χ4v) is 3.48. The summed E-state index contributed by atoms with van der Waals surface area (Å²) in [5.41, 5.74) is 0.0443. The number of benzene rings is 2. The average Bonchev–Trinajstić information content (AvgIpc) is 2.78. The van der Waals surface area contributed by atoms with Crippen LogP contribution in [-0.4, -0.2) is 43.0 Å². The van der Waals surface area contributed by atoms with E-state index in [1.807, 2.05) is 18.2 Å². The van der Waals surface area contributed by atoms with Gasteiger partial charge in [0.15, 0.2) is 6.61 Å². The number of amides is 2. The van der Waals surface area contributed by atoms with Gasteiger partial charge in [0.05, 0.1) is 5.56 Å². The molecule has 2 amide bonds. The number of rotatable bonds is 7. The molecule has 1 heterocycles. The Morgan fingerprint density at radius 3 is 2.26 bits per heavy atom. The Morgan fingerprint density at radius 1 is 1.00 bits per heavy atom. The van der Waals surface area contributed by atoms with E-state index in [-0.39, 0.29) is 24.3 Å². The number of hydrogen-bond acceptors (Lipinski definition) is 3. The van der Waals surface area contributed by atoms with Crippen molar-refractivity contribution in [1.82, 2.24) is 10.2 Å². The number of piperidine rings is 1. The van der Waals surface area contributed by atoms with E-state index >= 15 is 0 Å². The highest BCUT2D eigenvalue weighted by Crippen LogP contribution is 2.29. The van der Waals surface area contributed by atoms with Gasteiger partial charge in [-0.2, -0.15) is 13.2 Å². The Kier molecular flexibility index (Phi) is 7.55. The molecule has 8 heteroatoms. The van der Waals surface area contributed by atoms with Crippen LogP contribution in [0.4, 0.5) is 13.2 Å². The lowest BCUT2D eigenvalue weighted by Gasteiger charge is -2.31. The van der Waals surface area contributed by atoms with E-state index in [0.29, 0.717) is 44.6 Å². The summed E-state index contributed by atoms with van der Waals surface area (Å²) in [6.45, 7) is 1.31. The third-order valence-corrected chi connectivity index (χ3v) is 5.32. The lowest BCUT2D eigenvalue weighted by atomic mass is 9.95. The molecule has 3 rings (SSSR count). The molecule has 0 unspecified atom stereocenters. The quantitative estimate of drug-likeness (QED) is 0.723. The maximum absolute atomic E-state index is 12.6. The van der Waals surface area contributed by atoms with Gasteiger partial charge >= 0.3 is 6.18 Å². The van der Waals surface area contributed by atoms with E-state index < -0.39 is 11.7 Å². The number of para-hydroxylation sites is 1. The maximum Gasteiger partial charge on any atom is 0.416 e. The molecule has 2 aromatic rings. The van der Waals surface area contributed by atoms with Crippen LogP contribution in [0, 0.1) is 5.92 Å². The van der Waals surface area contributed by atoms with Crippen molar-refractivity contribution in [2.75, 3.05) is 26.2 Å². The highest BCUT2D eigenvalue weighted by Gasteiger charge is 2.30. The van der Waals surface area contributed by atoms with Gasteiger partial charge in [0, 0.05) is 25.6 Å². The fraction of sp³-hybridized carbons (Fsp3) is 0.391. The Morgan fingerprint density at radius 2 is 1.65 bits per heavy atom. The molecule has 0 aromatic heterocycles. The number of carbonyl (C=O) groups is 2. The normalized spacial score (nSPS) is 14.9. The summed E-state index contributed by atoms with van der Waals surface area (Å²) in [5, 5.41) is 2.85. The van der Waals surface area contributed by atoms with Crippen LogP contribution in [0.5, 0.6) is 5.75 Å². The number of carbonyl (C=O) groups excluding carboxylic acids is 2. The topological polar surface area (TPSA) is 58.6 Å². The van der Waals surface area contributed by atoms with Gasteiger partial charge in [-0.15, -0.1) is 0 Å². The molecule has 1 aliphatic rings. The summed E-state index contributed by atoms with van der Waals surface area (Å²) in [4.78, 5) is 26.4. The lowest BCUT2D eigenvalue weighted by molar-refractivity contribution is -0.137. The number of nitrogens with one attached hydrogen (secondary N) is 1. The first-order chi connectivity index (χ1) is 14.8. The molecule has 0 saturated carbocycles. The highest BCUT2D eigenvalue weighted by atomic mass is 19.4. The molecule has 1 aliphatic heterocycles. The van der Waals surface area contributed by atoms with Gasteiger partial charge < -0.3 is 15.0 Å². The summed E-state index contributed by atoms with van der Waals surface area (Å²) in [6, 6.07) is 14.1. The number of alkyl halides is 3. The molecule has 1 N–H and O–H groups in total. The van der Waals surface area contributed by atoms with Gasteiger partial charge in [-0.25, -0.2) is 0 Å². The largest absolute Gasteiger partial charge is 0.484 e. The summed E-state index contributed by atoms with van der Waals surface area (Å²) in [6.07, 6.45) is -2.75. The first kappa shape index (κ1) is 22.7. The molecular formula is C23H25F3N2O3. The molecule has 1 saturated heterocycles. The van der Waals surface area contributed by atoms with Crippen LogP contribution in [-0.2, 0) is 22.2 Å². The van der Waals surface area contributed by atoms with Gasteiger partial charge in [0.1, 0.15) is 5.75 Å². The van der Waals surface area contributed by atoms with E-state index in [1.54, 1.807) is 17.0 Å². The van der Waals surface area contributed by atoms with Crippen molar-refractivity contribution in [3.63, 3.8) is 0 Å². The van der Waals surface area contributed by atoms with Crippen molar-refractivity contribution in [2.45, 2.75) is 25.4 Å². The van der Waals surface area contributed by atoms with Crippen LogP contribution < -0.4 is 10.1 Å². The van der Waals surface area contributed by atoms with Gasteiger partial charge in [0.2, 0.25) is 5.91 Å². The molecule has 2 aromatic carbocycles. The van der Waals surface area contributed by atoms with Gasteiger partial charge in [-0.3, -0.25) is 9.59 Å². The number of hydrogen-bond donors (Lipinski definition) is 1. The number of ether oxygens (including phenoxy) is 1. The first-order valence-corrected chi connectivity index (χ1v) is 10.2. The van der Waals surface area contributed by atoms with Crippen molar-refractivity contribution in [3.05, 3.63) is 65.7 Å². The van der Waals surface area contributed by atoms with Crippen LogP contribution in [0.25, 0.3) is 0 Å². The van der Waals surface area contributed by atoms with E-state index in [4.69, 9.17) is 4.74 Å². The van der Waals surface area contributed by atoms with Crippen molar-refractivity contribution in [1.29, 1.82) is 0 Å². The van der Waals surface area contributed by atoms with Crippen molar-refractivity contribution < 1.29 is 27.5 Å². The minimum absolute atomic E-state index is 0.0337. The Bertz CT molecular complexity index is 862. The highest BCUT2D eigenvalue weighted by molar-refractivity contribution is 5.80. The smallest absolute Gasteiger partial charge is 0.416 e.